The highest BCUT2D eigenvalue weighted by Crippen LogP contribution is 2.53. The lowest BCUT2D eigenvalue weighted by molar-refractivity contribution is -0.139. The molecule has 7 nitrogen and oxygen atoms in total. The minimum Gasteiger partial charge on any atom is -0.481 e. The molecule has 0 spiro atoms. The zero-order chi connectivity index (χ0) is 24.7. The van der Waals surface area contributed by atoms with E-state index in [0.717, 1.165) is 5.56 Å². The fraction of sp³-hybridized carbons (Fsp3) is 0.240. The van der Waals surface area contributed by atoms with E-state index >= 15 is 4.39 Å². The number of aliphatic carboxylic acids is 1. The number of anilines is 1. The maximum absolute atomic E-state index is 15.0. The molecule has 0 saturated heterocycles. The van der Waals surface area contributed by atoms with Crippen LogP contribution in [0.5, 0.6) is 0 Å². The predicted octanol–water partition coefficient (Wildman–Crippen LogP) is 5.66. The van der Waals surface area contributed by atoms with Gasteiger partial charge >= 0.3 is 12.1 Å². The SMILES string of the molecule is CC(OC(=O)Nc1c(C#Cc2sc3cc(C4(C(=O)O)CC4)sc3c2F)cnn1C)c1ccccc1. The fourth-order valence-electron chi connectivity index (χ4n) is 3.75. The molecule has 1 amide bonds. The topological polar surface area (TPSA) is 93.4 Å². The van der Waals surface area contributed by atoms with Gasteiger partial charge in [0.15, 0.2) is 5.82 Å². The highest BCUT2D eigenvalue weighted by atomic mass is 32.1. The van der Waals surface area contributed by atoms with Gasteiger partial charge in [0.1, 0.15) is 22.2 Å². The Labute approximate surface area is 208 Å². The van der Waals surface area contributed by atoms with Crippen LogP contribution in [-0.2, 0) is 22.0 Å². The van der Waals surface area contributed by atoms with Crippen LogP contribution in [0.3, 0.4) is 0 Å². The van der Waals surface area contributed by atoms with Gasteiger partial charge in [-0.15, -0.1) is 22.7 Å². The van der Waals surface area contributed by atoms with E-state index in [9.17, 15) is 14.7 Å². The van der Waals surface area contributed by atoms with Crippen molar-refractivity contribution < 1.29 is 23.8 Å². The van der Waals surface area contributed by atoms with E-state index in [1.807, 2.05) is 30.3 Å². The summed E-state index contributed by atoms with van der Waals surface area (Å²) < 4.78 is 23.0. The van der Waals surface area contributed by atoms with Crippen molar-refractivity contribution in [3.8, 4) is 11.8 Å². The van der Waals surface area contributed by atoms with Gasteiger partial charge in [0.2, 0.25) is 0 Å². The number of aryl methyl sites for hydroxylation is 1. The summed E-state index contributed by atoms with van der Waals surface area (Å²) in [5.41, 5.74) is 0.418. The third kappa shape index (κ3) is 4.29. The molecule has 4 aromatic rings. The van der Waals surface area contributed by atoms with Crippen LogP contribution in [-0.4, -0.2) is 26.9 Å². The molecule has 1 aliphatic rings. The number of aromatic nitrogens is 2. The maximum atomic E-state index is 15.0. The van der Waals surface area contributed by atoms with Gasteiger partial charge in [-0.25, -0.2) is 9.18 Å². The van der Waals surface area contributed by atoms with E-state index in [2.05, 4.69) is 22.3 Å². The summed E-state index contributed by atoms with van der Waals surface area (Å²) in [6.07, 6.45) is 1.53. The van der Waals surface area contributed by atoms with Gasteiger partial charge in [0.25, 0.3) is 0 Å². The molecule has 1 aliphatic carbocycles. The number of rotatable bonds is 5. The second kappa shape index (κ2) is 8.83. The average Bonchev–Trinajstić information content (AvgIpc) is 3.33. The molecule has 5 rings (SSSR count). The summed E-state index contributed by atoms with van der Waals surface area (Å²) in [5, 5.41) is 16.3. The number of hydrogen-bond donors (Lipinski definition) is 2. The Hall–Kier alpha value is -3.68. The van der Waals surface area contributed by atoms with Crippen molar-refractivity contribution in [1.82, 2.24) is 9.78 Å². The Bertz CT molecular complexity index is 1510. The number of nitrogens with one attached hydrogen (secondary N) is 1. The fourth-order valence-corrected chi connectivity index (χ4v) is 6.24. The van der Waals surface area contributed by atoms with Crippen molar-refractivity contribution in [2.24, 2.45) is 7.05 Å². The lowest BCUT2D eigenvalue weighted by Gasteiger charge is -2.14. The lowest BCUT2D eigenvalue weighted by atomic mass is 10.1. The Balaban J connectivity index is 1.34. The Kier molecular flexibility index (Phi) is 5.83. The molecule has 1 atom stereocenters. The average molecular weight is 510 g/mol. The van der Waals surface area contributed by atoms with Crippen LogP contribution in [0.2, 0.25) is 0 Å². The minimum absolute atomic E-state index is 0.244. The Morgan fingerprint density at radius 3 is 2.66 bits per heavy atom. The molecule has 1 fully saturated rings. The number of hydrogen-bond acceptors (Lipinski definition) is 6. The zero-order valence-electron chi connectivity index (χ0n) is 18.8. The largest absolute Gasteiger partial charge is 0.481 e. The summed E-state index contributed by atoms with van der Waals surface area (Å²) >= 11 is 2.36. The molecule has 0 bridgehead atoms. The van der Waals surface area contributed by atoms with Gasteiger partial charge < -0.3 is 9.84 Å². The van der Waals surface area contributed by atoms with Crippen molar-refractivity contribution >= 4 is 50.0 Å². The maximum Gasteiger partial charge on any atom is 0.413 e. The summed E-state index contributed by atoms with van der Waals surface area (Å²) in [5.74, 6) is 4.74. The van der Waals surface area contributed by atoms with Crippen molar-refractivity contribution in [2.45, 2.75) is 31.3 Å². The van der Waals surface area contributed by atoms with Gasteiger partial charge in [-0.3, -0.25) is 14.8 Å². The number of nitrogens with zero attached hydrogens (tertiary/aromatic N) is 2. The lowest BCUT2D eigenvalue weighted by Crippen LogP contribution is -2.18. The summed E-state index contributed by atoms with van der Waals surface area (Å²) in [6, 6.07) is 11.1. The van der Waals surface area contributed by atoms with E-state index in [1.165, 1.54) is 33.6 Å². The third-order valence-electron chi connectivity index (χ3n) is 5.96. The monoisotopic (exact) mass is 509 g/mol. The van der Waals surface area contributed by atoms with E-state index in [-0.39, 0.29) is 4.88 Å². The summed E-state index contributed by atoms with van der Waals surface area (Å²) in [4.78, 5) is 25.0. The number of ether oxygens (including phenoxy) is 1. The Morgan fingerprint density at radius 2 is 2.00 bits per heavy atom. The Morgan fingerprint density at radius 1 is 1.26 bits per heavy atom. The number of carbonyl (C=O) groups is 2. The third-order valence-corrected chi connectivity index (χ3v) is 8.45. The molecule has 1 saturated carbocycles. The first-order valence-corrected chi connectivity index (χ1v) is 12.4. The highest BCUT2D eigenvalue weighted by molar-refractivity contribution is 7.28. The smallest absolute Gasteiger partial charge is 0.413 e. The van der Waals surface area contributed by atoms with Crippen LogP contribution in [0.15, 0.2) is 42.6 Å². The van der Waals surface area contributed by atoms with Crippen molar-refractivity contribution in [3.05, 3.63) is 69.3 Å². The molecule has 3 aromatic heterocycles. The van der Waals surface area contributed by atoms with Crippen LogP contribution in [0.1, 0.15) is 46.8 Å². The van der Waals surface area contributed by atoms with Crippen molar-refractivity contribution in [3.63, 3.8) is 0 Å². The van der Waals surface area contributed by atoms with E-state index in [4.69, 9.17) is 4.74 Å². The van der Waals surface area contributed by atoms with Crippen LogP contribution >= 0.6 is 22.7 Å². The first-order valence-electron chi connectivity index (χ1n) is 10.8. The minimum atomic E-state index is -0.861. The number of halogens is 1. The molecule has 1 unspecified atom stereocenters. The molecular formula is C25H20FN3O4S2. The molecule has 0 aliphatic heterocycles. The van der Waals surface area contributed by atoms with Crippen LogP contribution in [0, 0.1) is 17.7 Å². The molecule has 35 heavy (non-hydrogen) atoms. The number of benzene rings is 1. The number of carboxylic acid groups (broad SMARTS) is 1. The second-order valence-electron chi connectivity index (χ2n) is 8.30. The van der Waals surface area contributed by atoms with Crippen LogP contribution < -0.4 is 5.32 Å². The number of amides is 1. The number of carboxylic acids is 1. The predicted molar refractivity (Wildman–Crippen MR) is 132 cm³/mol. The molecule has 178 valence electrons. The summed E-state index contributed by atoms with van der Waals surface area (Å²) in [6.45, 7) is 1.77. The standard InChI is InChI=1S/C25H20FN3O4S2/c1-14(15-6-4-3-5-7-15)33-24(32)28-22-16(13-27-29(22)2)8-9-17-20(26)21-18(34-17)12-19(35-21)25(10-11-25)23(30)31/h3-7,12-14H,10-11H2,1-2H3,(H,28,32)(H,30,31). The highest BCUT2D eigenvalue weighted by Gasteiger charge is 2.53. The van der Waals surface area contributed by atoms with E-state index in [0.29, 0.717) is 38.5 Å². The molecule has 3 heterocycles. The zero-order valence-corrected chi connectivity index (χ0v) is 20.4. The van der Waals surface area contributed by atoms with Crippen molar-refractivity contribution in [1.29, 1.82) is 0 Å². The quantitative estimate of drug-likeness (QED) is 0.339. The first-order chi connectivity index (χ1) is 16.8. The molecule has 0 radical (unpaired) electrons. The molecule has 1 aromatic carbocycles. The summed E-state index contributed by atoms with van der Waals surface area (Å²) in [7, 11) is 1.65. The number of carbonyl (C=O) groups excluding carboxylic acids is 1. The first kappa shape index (κ1) is 23.1. The molecule has 10 heteroatoms. The van der Waals surface area contributed by atoms with E-state index < -0.39 is 29.4 Å². The molecular weight excluding hydrogens is 489 g/mol. The van der Waals surface area contributed by atoms with Gasteiger partial charge in [-0.2, -0.15) is 5.10 Å². The van der Waals surface area contributed by atoms with Crippen LogP contribution in [0.4, 0.5) is 15.0 Å². The van der Waals surface area contributed by atoms with E-state index in [1.54, 1.807) is 20.0 Å². The van der Waals surface area contributed by atoms with Gasteiger partial charge in [-0.1, -0.05) is 36.3 Å². The molecule has 2 N–H and O–H groups in total. The van der Waals surface area contributed by atoms with Crippen molar-refractivity contribution in [2.75, 3.05) is 5.32 Å². The second-order valence-corrected chi connectivity index (χ2v) is 10.4. The van der Waals surface area contributed by atoms with Crippen LogP contribution in [0.25, 0.3) is 9.40 Å². The van der Waals surface area contributed by atoms with Gasteiger partial charge in [-0.05, 0) is 37.3 Å². The number of thiophene rings is 2. The van der Waals surface area contributed by atoms with Gasteiger partial charge in [0.05, 0.1) is 16.5 Å². The normalized spacial score (nSPS) is 14.7. The number of fused-ring (bicyclic) bond motifs is 1. The van der Waals surface area contributed by atoms with Gasteiger partial charge in [0, 0.05) is 16.6 Å².